The molecule has 0 saturated heterocycles. The van der Waals surface area contributed by atoms with Gasteiger partial charge in [0.05, 0.1) is 0 Å². The van der Waals surface area contributed by atoms with Gasteiger partial charge in [-0.25, -0.2) is 0 Å². The zero-order chi connectivity index (χ0) is 10.3. The quantitative estimate of drug-likeness (QED) is 0.469. The highest BCUT2D eigenvalue weighted by molar-refractivity contribution is 6.01. The van der Waals surface area contributed by atoms with Crippen LogP contribution in [-0.2, 0) is 0 Å². The molecule has 1 radical (unpaired) electrons. The fourth-order valence-corrected chi connectivity index (χ4v) is 2.17. The number of benzene rings is 3. The van der Waals surface area contributed by atoms with E-state index in [1.807, 2.05) is 6.07 Å². The standard InChI is InChI=1S/C15H11/c1-11-14-8-4-2-6-12(14)10-13-7-3-5-9-15(11)13/h2-4,6-10H,1H3. The second kappa shape index (κ2) is 3.09. The van der Waals surface area contributed by atoms with Crippen molar-refractivity contribution in [2.24, 2.45) is 0 Å². The van der Waals surface area contributed by atoms with E-state index in [2.05, 4.69) is 55.5 Å². The first-order valence-electron chi connectivity index (χ1n) is 5.14. The summed E-state index contributed by atoms with van der Waals surface area (Å²) < 4.78 is 0. The predicted molar refractivity (Wildman–Crippen MR) is 65.0 cm³/mol. The molecule has 71 valence electrons. The Balaban J connectivity index is 2.60. The first-order valence-corrected chi connectivity index (χ1v) is 5.14. The van der Waals surface area contributed by atoms with Crippen molar-refractivity contribution in [2.75, 3.05) is 0 Å². The average molecular weight is 191 g/mol. The van der Waals surface area contributed by atoms with Crippen LogP contribution in [0.3, 0.4) is 0 Å². The Morgan fingerprint density at radius 3 is 2.67 bits per heavy atom. The van der Waals surface area contributed by atoms with Crippen molar-refractivity contribution in [3.05, 3.63) is 60.2 Å². The van der Waals surface area contributed by atoms with E-state index in [0.717, 1.165) is 0 Å². The molecule has 0 N–H and O–H groups in total. The van der Waals surface area contributed by atoms with Crippen LogP contribution < -0.4 is 0 Å². The summed E-state index contributed by atoms with van der Waals surface area (Å²) in [6.45, 7) is 2.18. The maximum Gasteiger partial charge on any atom is -0.0142 e. The van der Waals surface area contributed by atoms with E-state index in [-0.39, 0.29) is 0 Å². The molecule has 0 heterocycles. The molecule has 3 aromatic rings. The Morgan fingerprint density at radius 2 is 1.73 bits per heavy atom. The van der Waals surface area contributed by atoms with Crippen molar-refractivity contribution >= 4 is 21.5 Å². The third-order valence-electron chi connectivity index (χ3n) is 2.98. The molecule has 0 unspecified atom stereocenters. The minimum Gasteiger partial charge on any atom is -0.0616 e. The third kappa shape index (κ3) is 1.22. The van der Waals surface area contributed by atoms with Gasteiger partial charge in [-0.3, -0.25) is 0 Å². The molecule has 0 aliphatic rings. The molecule has 0 nitrogen and oxygen atoms in total. The van der Waals surface area contributed by atoms with Gasteiger partial charge in [-0.2, -0.15) is 0 Å². The van der Waals surface area contributed by atoms with Crippen LogP contribution in [0.5, 0.6) is 0 Å². The van der Waals surface area contributed by atoms with E-state index in [0.29, 0.717) is 0 Å². The summed E-state index contributed by atoms with van der Waals surface area (Å²) in [5.74, 6) is 0. The van der Waals surface area contributed by atoms with Crippen LogP contribution in [0.25, 0.3) is 21.5 Å². The third-order valence-corrected chi connectivity index (χ3v) is 2.98. The van der Waals surface area contributed by atoms with E-state index in [1.54, 1.807) is 0 Å². The second-order valence-corrected chi connectivity index (χ2v) is 3.87. The van der Waals surface area contributed by atoms with Gasteiger partial charge in [0.25, 0.3) is 0 Å². The lowest BCUT2D eigenvalue weighted by molar-refractivity contribution is 1.58. The Labute approximate surface area is 89.2 Å². The van der Waals surface area contributed by atoms with Crippen molar-refractivity contribution in [2.45, 2.75) is 6.92 Å². The highest BCUT2D eigenvalue weighted by Crippen LogP contribution is 2.27. The number of hydrogen-bond donors (Lipinski definition) is 0. The van der Waals surface area contributed by atoms with Gasteiger partial charge in [0.15, 0.2) is 0 Å². The Bertz CT molecular complexity index is 582. The van der Waals surface area contributed by atoms with E-state index in [9.17, 15) is 0 Å². The molecule has 0 aliphatic carbocycles. The summed E-state index contributed by atoms with van der Waals surface area (Å²) >= 11 is 0. The summed E-state index contributed by atoms with van der Waals surface area (Å²) in [5, 5.41) is 5.25. The zero-order valence-electron chi connectivity index (χ0n) is 8.62. The normalized spacial score (nSPS) is 11.0. The molecule has 0 heteroatoms. The van der Waals surface area contributed by atoms with Crippen molar-refractivity contribution in [1.82, 2.24) is 0 Å². The molecule has 0 saturated carbocycles. The molecule has 3 rings (SSSR count). The second-order valence-electron chi connectivity index (χ2n) is 3.87. The molecule has 0 aromatic heterocycles. The first kappa shape index (κ1) is 8.49. The van der Waals surface area contributed by atoms with Crippen LogP contribution in [-0.4, -0.2) is 0 Å². The highest BCUT2D eigenvalue weighted by atomic mass is 14.1. The first-order chi connectivity index (χ1) is 7.36. The molecule has 0 spiro atoms. The van der Waals surface area contributed by atoms with Crippen molar-refractivity contribution in [3.63, 3.8) is 0 Å². The molecule has 3 aromatic carbocycles. The Morgan fingerprint density at radius 1 is 0.933 bits per heavy atom. The van der Waals surface area contributed by atoms with Gasteiger partial charge in [-0.1, -0.05) is 36.4 Å². The lowest BCUT2D eigenvalue weighted by Gasteiger charge is -2.06. The number of fused-ring (bicyclic) bond motifs is 2. The maximum atomic E-state index is 3.14. The SMILES string of the molecule is Cc1c2c[c]ccc2cc2ccccc12. The van der Waals surface area contributed by atoms with Gasteiger partial charge in [-0.05, 0) is 52.2 Å². The topological polar surface area (TPSA) is 0 Å². The van der Waals surface area contributed by atoms with Gasteiger partial charge in [0.2, 0.25) is 0 Å². The van der Waals surface area contributed by atoms with Crippen molar-refractivity contribution < 1.29 is 0 Å². The van der Waals surface area contributed by atoms with E-state index in [4.69, 9.17) is 0 Å². The van der Waals surface area contributed by atoms with Gasteiger partial charge >= 0.3 is 0 Å². The number of rotatable bonds is 0. The van der Waals surface area contributed by atoms with Gasteiger partial charge in [0.1, 0.15) is 0 Å². The molecule has 0 bridgehead atoms. The van der Waals surface area contributed by atoms with Crippen LogP contribution in [0, 0.1) is 13.0 Å². The number of hydrogen-bond acceptors (Lipinski definition) is 0. The lowest BCUT2D eigenvalue weighted by Crippen LogP contribution is -1.81. The molecule has 0 atom stereocenters. The van der Waals surface area contributed by atoms with Gasteiger partial charge in [-0.15, -0.1) is 0 Å². The maximum absolute atomic E-state index is 3.14. The summed E-state index contributed by atoms with van der Waals surface area (Å²) in [7, 11) is 0. The van der Waals surface area contributed by atoms with Crippen LogP contribution in [0.1, 0.15) is 5.56 Å². The fourth-order valence-electron chi connectivity index (χ4n) is 2.17. The zero-order valence-corrected chi connectivity index (χ0v) is 8.62. The minimum atomic E-state index is 1.30. The predicted octanol–water partition coefficient (Wildman–Crippen LogP) is 4.10. The molecular weight excluding hydrogens is 180 g/mol. The highest BCUT2D eigenvalue weighted by Gasteiger charge is 2.01. The summed E-state index contributed by atoms with van der Waals surface area (Å²) in [6.07, 6.45) is 0. The molecule has 0 amide bonds. The monoisotopic (exact) mass is 191 g/mol. The molecule has 0 aliphatic heterocycles. The van der Waals surface area contributed by atoms with E-state index < -0.39 is 0 Å². The van der Waals surface area contributed by atoms with Crippen LogP contribution in [0.4, 0.5) is 0 Å². The summed E-state index contributed by atoms with van der Waals surface area (Å²) in [4.78, 5) is 0. The largest absolute Gasteiger partial charge is 0.0616 e. The van der Waals surface area contributed by atoms with Crippen LogP contribution in [0.15, 0.2) is 48.5 Å². The number of aryl methyl sites for hydroxylation is 1. The van der Waals surface area contributed by atoms with Gasteiger partial charge in [0, 0.05) is 0 Å². The fraction of sp³-hybridized carbons (Fsp3) is 0.0667. The molecule has 0 fully saturated rings. The Kier molecular flexibility index (Phi) is 1.75. The van der Waals surface area contributed by atoms with Crippen molar-refractivity contribution in [1.29, 1.82) is 0 Å². The average Bonchev–Trinajstić information content (AvgIpc) is 2.30. The van der Waals surface area contributed by atoms with E-state index in [1.165, 1.54) is 27.1 Å². The van der Waals surface area contributed by atoms with Crippen LogP contribution >= 0.6 is 0 Å². The lowest BCUT2D eigenvalue weighted by atomic mass is 9.98. The van der Waals surface area contributed by atoms with Gasteiger partial charge < -0.3 is 0 Å². The van der Waals surface area contributed by atoms with E-state index >= 15 is 0 Å². The minimum absolute atomic E-state index is 1.30. The smallest absolute Gasteiger partial charge is 0.0142 e. The molecule has 15 heavy (non-hydrogen) atoms. The Hall–Kier alpha value is -1.82. The van der Waals surface area contributed by atoms with Crippen LogP contribution in [0.2, 0.25) is 0 Å². The molecular formula is C15H11. The summed E-state index contributed by atoms with van der Waals surface area (Å²) in [5.41, 5.74) is 1.35. The van der Waals surface area contributed by atoms with Crippen molar-refractivity contribution in [3.8, 4) is 0 Å². The summed E-state index contributed by atoms with van der Waals surface area (Å²) in [6, 6.07) is 20.1.